The van der Waals surface area contributed by atoms with Crippen molar-refractivity contribution in [2.45, 2.75) is 6.92 Å². The molecule has 4 aromatic rings. The van der Waals surface area contributed by atoms with E-state index in [1.165, 1.54) is 0 Å². The first kappa shape index (κ1) is 19.3. The van der Waals surface area contributed by atoms with Crippen LogP contribution in [0.2, 0.25) is 0 Å². The Morgan fingerprint density at radius 2 is 1.87 bits per heavy atom. The summed E-state index contributed by atoms with van der Waals surface area (Å²) in [6, 6.07) is 14.0. The number of methoxy groups -OCH3 is 1. The smallest absolute Gasteiger partial charge is 0.165 e. The fourth-order valence-corrected chi connectivity index (χ4v) is 4.12. The van der Waals surface area contributed by atoms with Crippen LogP contribution in [0.3, 0.4) is 0 Å². The second-order valence-electron chi connectivity index (χ2n) is 7.60. The summed E-state index contributed by atoms with van der Waals surface area (Å²) in [5.74, 6) is 2.18. The number of aromatic nitrogens is 4. The van der Waals surface area contributed by atoms with Gasteiger partial charge in [0, 0.05) is 44.0 Å². The molecule has 5 rings (SSSR count). The number of pyridine rings is 2. The van der Waals surface area contributed by atoms with Gasteiger partial charge < -0.3 is 20.7 Å². The molecule has 8 heteroatoms. The van der Waals surface area contributed by atoms with E-state index < -0.39 is 0 Å². The van der Waals surface area contributed by atoms with Crippen molar-refractivity contribution >= 4 is 22.7 Å². The van der Waals surface area contributed by atoms with E-state index in [2.05, 4.69) is 38.0 Å². The molecule has 0 radical (unpaired) electrons. The number of hydrogen-bond donors (Lipinski definition) is 2. The molecule has 1 aromatic carbocycles. The number of hydrogen-bond acceptors (Lipinski definition) is 7. The summed E-state index contributed by atoms with van der Waals surface area (Å²) in [4.78, 5) is 16.0. The molecule has 3 aromatic heterocycles. The molecule has 1 aliphatic heterocycles. The number of rotatable bonds is 4. The number of nitrogens with two attached hydrogens (primary N) is 1. The van der Waals surface area contributed by atoms with Crippen LogP contribution >= 0.6 is 0 Å². The van der Waals surface area contributed by atoms with Crippen molar-refractivity contribution in [2.24, 2.45) is 0 Å². The molecule has 31 heavy (non-hydrogen) atoms. The van der Waals surface area contributed by atoms with Gasteiger partial charge in [-0.25, -0.2) is 15.0 Å². The number of nitrogens with zero attached hydrogens (tertiary/aromatic N) is 5. The predicted octanol–water partition coefficient (Wildman–Crippen LogP) is 2.79. The van der Waals surface area contributed by atoms with Crippen LogP contribution in [0.4, 0.5) is 11.5 Å². The molecule has 1 saturated heterocycles. The van der Waals surface area contributed by atoms with Gasteiger partial charge in [-0.1, -0.05) is 0 Å². The molecule has 0 unspecified atom stereocenters. The van der Waals surface area contributed by atoms with Crippen molar-refractivity contribution in [3.8, 4) is 22.7 Å². The number of benzene rings is 1. The van der Waals surface area contributed by atoms with Gasteiger partial charge in [-0.15, -0.1) is 0 Å². The molecular weight excluding hydrogens is 390 g/mol. The van der Waals surface area contributed by atoms with E-state index in [-0.39, 0.29) is 0 Å². The summed E-state index contributed by atoms with van der Waals surface area (Å²) in [5.41, 5.74) is 11.3. The Balaban J connectivity index is 1.60. The van der Waals surface area contributed by atoms with Gasteiger partial charge in [0.15, 0.2) is 5.65 Å². The average Bonchev–Trinajstić information content (AvgIpc) is 3.14. The van der Waals surface area contributed by atoms with E-state index in [0.29, 0.717) is 5.82 Å². The largest absolute Gasteiger partial charge is 0.495 e. The summed E-state index contributed by atoms with van der Waals surface area (Å²) in [6.45, 7) is 5.86. The molecule has 1 aliphatic rings. The van der Waals surface area contributed by atoms with Gasteiger partial charge in [-0.05, 0) is 43.3 Å². The quantitative estimate of drug-likeness (QED) is 0.529. The Bertz CT molecular complexity index is 1240. The number of aryl methyl sites for hydroxylation is 1. The van der Waals surface area contributed by atoms with E-state index in [1.807, 2.05) is 31.2 Å². The van der Waals surface area contributed by atoms with E-state index in [1.54, 1.807) is 13.3 Å². The zero-order valence-corrected chi connectivity index (χ0v) is 17.7. The fraction of sp³-hybridized carbons (Fsp3) is 0.261. The maximum Gasteiger partial charge on any atom is 0.165 e. The third-order valence-corrected chi connectivity index (χ3v) is 5.63. The van der Waals surface area contributed by atoms with Gasteiger partial charge in [0.1, 0.15) is 22.9 Å². The molecular formula is C23H25N7O. The third-order valence-electron chi connectivity index (χ3n) is 5.63. The summed E-state index contributed by atoms with van der Waals surface area (Å²) in [5, 5.41) is 3.39. The first-order valence-corrected chi connectivity index (χ1v) is 10.4. The SMILES string of the molecule is COc1cc(-n2c(C)nc3ccc(-c4ccnc(N)c4)nc32)ccc1N1CCNCC1. The van der Waals surface area contributed by atoms with Crippen molar-refractivity contribution < 1.29 is 4.74 Å². The lowest BCUT2D eigenvalue weighted by atomic mass is 10.1. The maximum atomic E-state index is 5.86. The van der Waals surface area contributed by atoms with Gasteiger partial charge in [0.05, 0.1) is 24.2 Å². The number of piperazine rings is 1. The van der Waals surface area contributed by atoms with Crippen LogP contribution in [0.25, 0.3) is 28.1 Å². The zero-order chi connectivity index (χ0) is 21.4. The molecule has 0 bridgehead atoms. The van der Waals surface area contributed by atoms with Crippen molar-refractivity contribution in [1.82, 2.24) is 24.8 Å². The van der Waals surface area contributed by atoms with Crippen LogP contribution in [0.15, 0.2) is 48.7 Å². The molecule has 1 fully saturated rings. The van der Waals surface area contributed by atoms with E-state index in [9.17, 15) is 0 Å². The number of nitrogen functional groups attached to an aromatic ring is 1. The zero-order valence-electron chi connectivity index (χ0n) is 17.7. The van der Waals surface area contributed by atoms with Crippen LogP contribution in [0, 0.1) is 6.92 Å². The Hall–Kier alpha value is -3.65. The van der Waals surface area contributed by atoms with Crippen LogP contribution in [-0.2, 0) is 0 Å². The molecule has 158 valence electrons. The number of imidazole rings is 1. The summed E-state index contributed by atoms with van der Waals surface area (Å²) in [7, 11) is 1.72. The Morgan fingerprint density at radius 3 is 2.65 bits per heavy atom. The molecule has 4 heterocycles. The predicted molar refractivity (Wildman–Crippen MR) is 123 cm³/mol. The topological polar surface area (TPSA) is 94.1 Å². The summed E-state index contributed by atoms with van der Waals surface area (Å²) < 4.78 is 7.82. The standard InChI is InChI=1S/C23H25N7O/c1-15-27-19-5-4-18(16-7-8-26-22(24)13-16)28-23(19)30(15)17-3-6-20(21(14-17)31-2)29-11-9-25-10-12-29/h3-8,13-14,25H,9-12H2,1-2H3,(H2,24,26). The van der Waals surface area contributed by atoms with Gasteiger partial charge in [-0.2, -0.15) is 0 Å². The van der Waals surface area contributed by atoms with Crippen LogP contribution < -0.4 is 20.7 Å². The highest BCUT2D eigenvalue weighted by Crippen LogP contribution is 2.33. The maximum absolute atomic E-state index is 5.86. The van der Waals surface area contributed by atoms with Gasteiger partial charge in [0.2, 0.25) is 0 Å². The Morgan fingerprint density at radius 1 is 1.03 bits per heavy atom. The average molecular weight is 416 g/mol. The minimum atomic E-state index is 0.470. The van der Waals surface area contributed by atoms with Crippen LogP contribution in [0.1, 0.15) is 5.82 Å². The van der Waals surface area contributed by atoms with Gasteiger partial charge in [-0.3, -0.25) is 4.57 Å². The van der Waals surface area contributed by atoms with Crippen LogP contribution in [0.5, 0.6) is 5.75 Å². The van der Waals surface area contributed by atoms with Gasteiger partial charge >= 0.3 is 0 Å². The second kappa shape index (κ2) is 7.88. The van der Waals surface area contributed by atoms with E-state index in [0.717, 1.165) is 71.5 Å². The number of anilines is 2. The molecule has 3 N–H and O–H groups in total. The van der Waals surface area contributed by atoms with Crippen molar-refractivity contribution in [1.29, 1.82) is 0 Å². The van der Waals surface area contributed by atoms with Crippen molar-refractivity contribution in [3.05, 3.63) is 54.5 Å². The Kier molecular flexibility index (Phi) is 4.91. The lowest BCUT2D eigenvalue weighted by Crippen LogP contribution is -2.43. The minimum Gasteiger partial charge on any atom is -0.495 e. The van der Waals surface area contributed by atoms with Crippen molar-refractivity contribution in [2.75, 3.05) is 43.9 Å². The lowest BCUT2D eigenvalue weighted by Gasteiger charge is -2.30. The normalized spacial score (nSPS) is 14.2. The second-order valence-corrected chi connectivity index (χ2v) is 7.60. The molecule has 0 spiro atoms. The third kappa shape index (κ3) is 3.55. The minimum absolute atomic E-state index is 0.470. The molecule has 0 saturated carbocycles. The van der Waals surface area contributed by atoms with Crippen LogP contribution in [-0.4, -0.2) is 52.8 Å². The Labute approximate surface area is 180 Å². The summed E-state index contributed by atoms with van der Waals surface area (Å²) in [6.07, 6.45) is 1.69. The first-order chi connectivity index (χ1) is 15.1. The monoisotopic (exact) mass is 415 g/mol. The first-order valence-electron chi connectivity index (χ1n) is 10.4. The highest BCUT2D eigenvalue weighted by Gasteiger charge is 2.18. The molecule has 8 nitrogen and oxygen atoms in total. The van der Waals surface area contributed by atoms with Gasteiger partial charge in [0.25, 0.3) is 0 Å². The number of ether oxygens (including phenoxy) is 1. The van der Waals surface area contributed by atoms with E-state index in [4.69, 9.17) is 20.4 Å². The molecule has 0 atom stereocenters. The molecule has 0 aliphatic carbocycles. The summed E-state index contributed by atoms with van der Waals surface area (Å²) >= 11 is 0. The lowest BCUT2D eigenvalue weighted by molar-refractivity contribution is 0.413. The number of nitrogens with one attached hydrogen (secondary N) is 1. The van der Waals surface area contributed by atoms with E-state index >= 15 is 0 Å². The number of fused-ring (bicyclic) bond motifs is 1. The fourth-order valence-electron chi connectivity index (χ4n) is 4.12. The van der Waals surface area contributed by atoms with Crippen molar-refractivity contribution in [3.63, 3.8) is 0 Å². The highest BCUT2D eigenvalue weighted by atomic mass is 16.5. The highest BCUT2D eigenvalue weighted by molar-refractivity contribution is 5.79. The molecule has 0 amide bonds.